The third-order valence-electron chi connectivity index (χ3n) is 7.65. The van der Waals surface area contributed by atoms with Crippen LogP contribution in [0, 0.1) is 5.82 Å². The number of hydrogen-bond acceptors (Lipinski definition) is 7. The van der Waals surface area contributed by atoms with E-state index in [2.05, 4.69) is 29.7 Å². The first-order chi connectivity index (χ1) is 21.1. The highest BCUT2D eigenvalue weighted by Crippen LogP contribution is 2.25. The molecule has 2 aromatic rings. The number of hydrazine groups is 1. The fourth-order valence-electron chi connectivity index (χ4n) is 5.10. The average molecular weight is 631 g/mol. The lowest BCUT2D eigenvalue weighted by atomic mass is 10.1. The molecule has 1 unspecified atom stereocenters. The lowest BCUT2D eigenvalue weighted by Gasteiger charge is -2.37. The van der Waals surface area contributed by atoms with Gasteiger partial charge in [-0.2, -0.15) is 5.06 Å². The van der Waals surface area contributed by atoms with Gasteiger partial charge in [0.1, 0.15) is 11.9 Å². The fraction of sp³-hybridized carbons (Fsp3) is 0.452. The molecule has 1 fully saturated rings. The normalized spacial score (nSPS) is 17.6. The number of piperazine rings is 1. The topological polar surface area (TPSA) is 107 Å². The Hall–Kier alpha value is -3.55. The number of amides is 4. The van der Waals surface area contributed by atoms with Crippen molar-refractivity contribution in [2.75, 3.05) is 32.8 Å². The van der Waals surface area contributed by atoms with Crippen LogP contribution in [0.4, 0.5) is 9.18 Å². The summed E-state index contributed by atoms with van der Waals surface area (Å²) in [6, 6.07) is 13.0. The molecule has 4 rings (SSSR count). The molecule has 2 heterocycles. The van der Waals surface area contributed by atoms with Gasteiger partial charge in [0.2, 0.25) is 11.8 Å². The second-order valence-electron chi connectivity index (χ2n) is 11.0. The van der Waals surface area contributed by atoms with E-state index < -0.39 is 24.0 Å². The lowest BCUT2D eigenvalue weighted by Crippen LogP contribution is -2.52. The smallest absolute Gasteiger partial charge is 0.340 e. The Bertz CT molecular complexity index is 1310. The molecule has 4 amide bonds. The first-order valence-electron chi connectivity index (χ1n) is 14.7. The van der Waals surface area contributed by atoms with E-state index in [-0.39, 0.29) is 42.8 Å². The number of carbonyl (C=O) groups is 3. The Morgan fingerprint density at radius 3 is 2.50 bits per heavy atom. The maximum Gasteiger partial charge on any atom is 0.369 e. The molecule has 0 spiro atoms. The molecule has 0 aliphatic carbocycles. The van der Waals surface area contributed by atoms with Crippen molar-refractivity contribution in [3.63, 3.8) is 0 Å². The van der Waals surface area contributed by atoms with Crippen molar-refractivity contribution in [3.8, 4) is 0 Å². The van der Waals surface area contributed by atoms with Crippen molar-refractivity contribution in [2.24, 2.45) is 0 Å². The van der Waals surface area contributed by atoms with Gasteiger partial charge in [-0.1, -0.05) is 54.1 Å². The molecule has 44 heavy (non-hydrogen) atoms. The van der Waals surface area contributed by atoms with Crippen molar-refractivity contribution < 1.29 is 28.4 Å². The summed E-state index contributed by atoms with van der Waals surface area (Å²) in [5.74, 6) is -0.951. The second-order valence-corrected chi connectivity index (χ2v) is 11.3. The van der Waals surface area contributed by atoms with E-state index in [4.69, 9.17) is 21.3 Å². The van der Waals surface area contributed by atoms with Gasteiger partial charge in [0.05, 0.1) is 17.7 Å². The van der Waals surface area contributed by atoms with Gasteiger partial charge in [-0.05, 0) is 43.5 Å². The molecule has 2 N–H and O–H groups in total. The number of nitrogens with zero attached hydrogens (tertiary/aromatic N) is 4. The largest absolute Gasteiger partial charge is 0.369 e. The predicted molar refractivity (Wildman–Crippen MR) is 163 cm³/mol. The molecule has 0 saturated carbocycles. The van der Waals surface area contributed by atoms with E-state index in [9.17, 15) is 18.8 Å². The Labute approximate surface area is 262 Å². The van der Waals surface area contributed by atoms with Gasteiger partial charge >= 0.3 is 6.03 Å². The second kappa shape index (κ2) is 16.0. The van der Waals surface area contributed by atoms with Crippen molar-refractivity contribution in [1.82, 2.24) is 30.8 Å². The number of urea groups is 1. The molecule has 2 aromatic carbocycles. The summed E-state index contributed by atoms with van der Waals surface area (Å²) in [5.41, 5.74) is 6.70. The quantitative estimate of drug-likeness (QED) is 0.339. The minimum Gasteiger partial charge on any atom is -0.340 e. The number of carbonyl (C=O) groups excluding carboxylic acids is 3. The molecule has 2 atom stereocenters. The van der Waals surface area contributed by atoms with Gasteiger partial charge in [-0.15, -0.1) is 0 Å². The molecule has 2 aliphatic rings. The van der Waals surface area contributed by atoms with Gasteiger partial charge in [-0.25, -0.2) is 20.1 Å². The molecular formula is C31H40ClFN6O5. The lowest BCUT2D eigenvalue weighted by molar-refractivity contribution is -0.141. The molecule has 2 aliphatic heterocycles. The molecule has 13 heteroatoms. The number of rotatable bonds is 12. The van der Waals surface area contributed by atoms with Crippen LogP contribution in [0.5, 0.6) is 0 Å². The van der Waals surface area contributed by atoms with Crippen molar-refractivity contribution in [2.45, 2.75) is 58.3 Å². The standard InChI is InChI=1S/C31H40ClFN6O5/c1-22(2)36-16-18-37(19-17-36)29(41)13-12-26(39(23(3)40)34-20-25-10-7-11-27(33)30(25)32)21-43-35-31(42)38-15-14-28(44-38)24-8-5-4-6-9-24/h4-11,14-15,22,26,28,34H,12-13,16-21H2,1-3H3,(H,35,42)/t26-,28?/m0/s1. The summed E-state index contributed by atoms with van der Waals surface area (Å²) >= 11 is 6.12. The van der Waals surface area contributed by atoms with Crippen molar-refractivity contribution in [3.05, 3.63) is 82.8 Å². The van der Waals surface area contributed by atoms with Gasteiger partial charge < -0.3 is 4.90 Å². The maximum absolute atomic E-state index is 14.0. The Balaban J connectivity index is 1.37. The highest BCUT2D eigenvalue weighted by atomic mass is 35.5. The molecule has 0 aromatic heterocycles. The van der Waals surface area contributed by atoms with E-state index in [0.29, 0.717) is 24.7 Å². The van der Waals surface area contributed by atoms with Gasteiger partial charge in [0, 0.05) is 58.3 Å². The Kier molecular flexibility index (Phi) is 12.1. The van der Waals surface area contributed by atoms with Crippen LogP contribution in [-0.4, -0.2) is 82.6 Å². The minimum absolute atomic E-state index is 0.0262. The van der Waals surface area contributed by atoms with Gasteiger partial charge in [0.15, 0.2) is 0 Å². The van der Waals surface area contributed by atoms with Crippen LogP contribution in [0.1, 0.15) is 50.8 Å². The van der Waals surface area contributed by atoms with E-state index in [1.807, 2.05) is 35.2 Å². The van der Waals surface area contributed by atoms with E-state index >= 15 is 0 Å². The third-order valence-corrected chi connectivity index (χ3v) is 8.07. The van der Waals surface area contributed by atoms with Crippen molar-refractivity contribution >= 4 is 29.4 Å². The molecule has 238 valence electrons. The number of nitrogens with one attached hydrogen (secondary N) is 2. The number of hydroxylamine groups is 3. The zero-order valence-corrected chi connectivity index (χ0v) is 26.0. The summed E-state index contributed by atoms with van der Waals surface area (Å²) in [6.45, 7) is 8.42. The maximum atomic E-state index is 14.0. The minimum atomic E-state index is -0.661. The van der Waals surface area contributed by atoms with E-state index in [0.717, 1.165) is 23.7 Å². The summed E-state index contributed by atoms with van der Waals surface area (Å²) < 4.78 is 14.0. The number of hydrogen-bond donors (Lipinski definition) is 2. The van der Waals surface area contributed by atoms with E-state index in [1.54, 1.807) is 12.1 Å². The van der Waals surface area contributed by atoms with Crippen LogP contribution in [-0.2, 0) is 25.8 Å². The molecule has 0 radical (unpaired) electrons. The molecule has 11 nitrogen and oxygen atoms in total. The Morgan fingerprint density at radius 2 is 1.82 bits per heavy atom. The van der Waals surface area contributed by atoms with E-state index in [1.165, 1.54) is 30.3 Å². The summed E-state index contributed by atoms with van der Waals surface area (Å²) in [6.07, 6.45) is 3.22. The number of benzene rings is 2. The first kappa shape index (κ1) is 33.3. The molecule has 1 saturated heterocycles. The highest BCUT2D eigenvalue weighted by Gasteiger charge is 2.28. The zero-order valence-electron chi connectivity index (χ0n) is 25.2. The third kappa shape index (κ3) is 8.99. The van der Waals surface area contributed by atoms with Crippen LogP contribution in [0.3, 0.4) is 0 Å². The van der Waals surface area contributed by atoms with Crippen LogP contribution < -0.4 is 10.9 Å². The summed E-state index contributed by atoms with van der Waals surface area (Å²) in [7, 11) is 0. The summed E-state index contributed by atoms with van der Waals surface area (Å²) in [5, 5.41) is 2.31. The zero-order chi connectivity index (χ0) is 31.6. The molecular weight excluding hydrogens is 591 g/mol. The van der Waals surface area contributed by atoms with Crippen LogP contribution in [0.2, 0.25) is 5.02 Å². The number of halogens is 2. The fourth-order valence-corrected chi connectivity index (χ4v) is 5.29. The predicted octanol–water partition coefficient (Wildman–Crippen LogP) is 4.18. The first-order valence-corrected chi connectivity index (χ1v) is 15.1. The highest BCUT2D eigenvalue weighted by molar-refractivity contribution is 6.31. The SMILES string of the molecule is CC(=O)N(NCc1cccc(F)c1Cl)[C@@H](CCC(=O)N1CCN(C(C)C)CC1)CONC(=O)N1C=CC(c2ccccc2)O1. The van der Waals surface area contributed by atoms with Crippen LogP contribution in [0.25, 0.3) is 0 Å². The monoisotopic (exact) mass is 630 g/mol. The van der Waals surface area contributed by atoms with Gasteiger partial charge in [0.25, 0.3) is 0 Å². The average Bonchev–Trinajstić information content (AvgIpc) is 3.52. The molecule has 0 bridgehead atoms. The van der Waals surface area contributed by atoms with Crippen molar-refractivity contribution in [1.29, 1.82) is 0 Å². The summed E-state index contributed by atoms with van der Waals surface area (Å²) in [4.78, 5) is 54.0. The Morgan fingerprint density at radius 1 is 1.09 bits per heavy atom. The van der Waals surface area contributed by atoms with Crippen LogP contribution >= 0.6 is 11.6 Å². The van der Waals surface area contributed by atoms with Crippen LogP contribution in [0.15, 0.2) is 60.8 Å². The van der Waals surface area contributed by atoms with Gasteiger partial charge in [-0.3, -0.25) is 29.2 Å².